The second-order valence-corrected chi connectivity index (χ2v) is 5.86. The van der Waals surface area contributed by atoms with E-state index in [1.807, 2.05) is 0 Å². The number of alkyl halides is 2. The first kappa shape index (κ1) is 16.9. The summed E-state index contributed by atoms with van der Waals surface area (Å²) in [5.74, 6) is -0.924. The van der Waals surface area contributed by atoms with E-state index < -0.39 is 41.1 Å². The minimum atomic E-state index is -3.51. The third-order valence-corrected chi connectivity index (χ3v) is 3.61. The van der Waals surface area contributed by atoms with Crippen molar-refractivity contribution in [2.45, 2.75) is 19.1 Å². The Kier molecular flexibility index (Phi) is 7.58. The Balaban J connectivity index is 4.31. The molecule has 0 heterocycles. The van der Waals surface area contributed by atoms with Gasteiger partial charge in [0, 0.05) is 0 Å². The molecule has 4 nitrogen and oxygen atoms in total. The number of ether oxygens (including phenoxy) is 2. The predicted octanol–water partition coefficient (Wildman–Crippen LogP) is 1.79. The van der Waals surface area contributed by atoms with E-state index in [1.54, 1.807) is 6.92 Å². The summed E-state index contributed by atoms with van der Waals surface area (Å²) in [6, 6.07) is 0. The molecule has 0 amide bonds. The molecule has 0 aliphatic heterocycles. The highest BCUT2D eigenvalue weighted by atomic mass is 32.2. The number of halogens is 2. The quantitative estimate of drug-likeness (QED) is 0.574. The van der Waals surface area contributed by atoms with E-state index in [-0.39, 0.29) is 11.5 Å². The normalized spacial score (nSPS) is 13.1. The molecule has 1 atom stereocenters. The summed E-state index contributed by atoms with van der Waals surface area (Å²) >= 11 is 0. The van der Waals surface area contributed by atoms with E-state index >= 15 is 0 Å². The zero-order valence-corrected chi connectivity index (χ0v) is 11.1. The lowest BCUT2D eigenvalue weighted by molar-refractivity contribution is 0.0718. The van der Waals surface area contributed by atoms with Crippen LogP contribution in [0.3, 0.4) is 0 Å². The Labute approximate surface area is 106 Å². The number of hydrogen-bond acceptors (Lipinski definition) is 4. The molecule has 0 saturated heterocycles. The van der Waals surface area contributed by atoms with Crippen LogP contribution in [-0.4, -0.2) is 45.5 Å². The van der Waals surface area contributed by atoms with E-state index in [1.165, 1.54) is 0 Å². The first-order chi connectivity index (χ1) is 8.34. The topological polar surface area (TPSA) is 52.6 Å². The van der Waals surface area contributed by atoms with Gasteiger partial charge in [-0.2, -0.15) is 0 Å². The molecule has 0 aromatic carbocycles. The fraction of sp³-hybridized carbons (Fsp3) is 0.636. The summed E-state index contributed by atoms with van der Waals surface area (Å²) in [5, 5.41) is 0. The van der Waals surface area contributed by atoms with E-state index in [4.69, 9.17) is 9.47 Å². The van der Waals surface area contributed by atoms with Crippen molar-refractivity contribution in [1.29, 1.82) is 0 Å². The average Bonchev–Trinajstić information content (AvgIpc) is 2.24. The predicted molar refractivity (Wildman–Crippen MR) is 65.4 cm³/mol. The maximum Gasteiger partial charge on any atom is 0.161 e. The molecule has 0 aliphatic carbocycles. The highest BCUT2D eigenvalue weighted by molar-refractivity contribution is 7.91. The van der Waals surface area contributed by atoms with Crippen molar-refractivity contribution in [3.05, 3.63) is 25.2 Å². The van der Waals surface area contributed by atoms with Gasteiger partial charge in [-0.05, 0) is 6.92 Å². The van der Waals surface area contributed by atoms with Crippen molar-refractivity contribution < 1.29 is 26.7 Å². The molecule has 0 rings (SSSR count). The molecule has 0 aromatic rings. The van der Waals surface area contributed by atoms with Crippen LogP contribution in [0.1, 0.15) is 6.92 Å². The third-order valence-electron chi connectivity index (χ3n) is 1.88. The van der Waals surface area contributed by atoms with Crippen LogP contribution in [0.2, 0.25) is 0 Å². The van der Waals surface area contributed by atoms with Crippen molar-refractivity contribution in [2.75, 3.05) is 24.9 Å². The minimum absolute atomic E-state index is 0.180. The molecule has 7 heteroatoms. The largest absolute Gasteiger partial charge is 0.498 e. The Bertz CT molecular complexity index is 363. The van der Waals surface area contributed by atoms with Crippen molar-refractivity contribution >= 4 is 9.84 Å². The van der Waals surface area contributed by atoms with Gasteiger partial charge in [0.2, 0.25) is 0 Å². The Morgan fingerprint density at radius 1 is 1.39 bits per heavy atom. The number of rotatable bonds is 10. The molecular formula is C11H18F2O4S. The molecular weight excluding hydrogens is 266 g/mol. The molecule has 18 heavy (non-hydrogen) atoms. The lowest BCUT2D eigenvalue weighted by atomic mass is 10.4. The van der Waals surface area contributed by atoms with Crippen molar-refractivity contribution in [2.24, 2.45) is 0 Å². The summed E-state index contributed by atoms with van der Waals surface area (Å²) in [6.07, 6.45) is -0.707. The van der Waals surface area contributed by atoms with E-state index in [2.05, 4.69) is 13.2 Å². The van der Waals surface area contributed by atoms with Crippen LogP contribution in [0.25, 0.3) is 0 Å². The number of sulfone groups is 1. The summed E-state index contributed by atoms with van der Waals surface area (Å²) in [6.45, 7) is 6.14. The highest BCUT2D eigenvalue weighted by Gasteiger charge is 2.20. The van der Waals surface area contributed by atoms with E-state index in [0.717, 1.165) is 6.26 Å². The van der Waals surface area contributed by atoms with Gasteiger partial charge in [-0.1, -0.05) is 13.2 Å². The second kappa shape index (κ2) is 8.07. The lowest BCUT2D eigenvalue weighted by Gasteiger charge is -2.16. The van der Waals surface area contributed by atoms with Crippen molar-refractivity contribution in [3.8, 4) is 0 Å². The first-order valence-corrected chi connectivity index (χ1v) is 7.10. The SMILES string of the molecule is C=COC(C)CS(=O)(=O)CC(=C)OC(CF)CF. The molecule has 0 saturated carbocycles. The Morgan fingerprint density at radius 2 is 1.94 bits per heavy atom. The molecule has 0 N–H and O–H groups in total. The summed E-state index contributed by atoms with van der Waals surface area (Å²) in [5.41, 5.74) is 0. The zero-order valence-electron chi connectivity index (χ0n) is 10.3. The minimum Gasteiger partial charge on any atom is -0.498 e. The van der Waals surface area contributed by atoms with Gasteiger partial charge in [0.1, 0.15) is 31.0 Å². The third kappa shape index (κ3) is 7.26. The Morgan fingerprint density at radius 3 is 2.39 bits per heavy atom. The fourth-order valence-electron chi connectivity index (χ4n) is 1.24. The van der Waals surface area contributed by atoms with Crippen molar-refractivity contribution in [3.63, 3.8) is 0 Å². The molecule has 0 aromatic heterocycles. The molecule has 0 aliphatic rings. The maximum absolute atomic E-state index is 12.2. The standard InChI is InChI=1S/C11H18F2O4S/c1-4-16-9(2)7-18(14,15)8-10(3)17-11(5-12)6-13/h4,9,11H,1,3,5-8H2,2H3. The van der Waals surface area contributed by atoms with Crippen LogP contribution < -0.4 is 0 Å². The lowest BCUT2D eigenvalue weighted by Crippen LogP contribution is -2.25. The Hall–Kier alpha value is -1.11. The monoisotopic (exact) mass is 284 g/mol. The molecule has 0 fully saturated rings. The summed E-state index contributed by atoms with van der Waals surface area (Å²) in [4.78, 5) is 0. The van der Waals surface area contributed by atoms with E-state index in [9.17, 15) is 17.2 Å². The van der Waals surface area contributed by atoms with Gasteiger partial charge in [0.05, 0.1) is 12.0 Å². The second-order valence-electron chi connectivity index (χ2n) is 3.76. The summed E-state index contributed by atoms with van der Waals surface area (Å²) < 4.78 is 57.3. The van der Waals surface area contributed by atoms with Gasteiger partial charge >= 0.3 is 0 Å². The van der Waals surface area contributed by atoms with Crippen LogP contribution in [0, 0.1) is 0 Å². The molecule has 0 radical (unpaired) electrons. The van der Waals surface area contributed by atoms with E-state index in [0.29, 0.717) is 0 Å². The van der Waals surface area contributed by atoms with Crippen LogP contribution in [0.4, 0.5) is 8.78 Å². The van der Waals surface area contributed by atoms with Crippen LogP contribution in [0.5, 0.6) is 0 Å². The molecule has 1 unspecified atom stereocenters. The molecule has 106 valence electrons. The summed E-state index contributed by atoms with van der Waals surface area (Å²) in [7, 11) is -3.51. The highest BCUT2D eigenvalue weighted by Crippen LogP contribution is 2.08. The van der Waals surface area contributed by atoms with Crippen LogP contribution in [-0.2, 0) is 19.3 Å². The van der Waals surface area contributed by atoms with Crippen LogP contribution in [0.15, 0.2) is 25.2 Å². The molecule has 0 spiro atoms. The van der Waals surface area contributed by atoms with Crippen molar-refractivity contribution in [1.82, 2.24) is 0 Å². The fourth-order valence-corrected chi connectivity index (χ4v) is 2.71. The maximum atomic E-state index is 12.2. The van der Waals surface area contributed by atoms with Gasteiger partial charge < -0.3 is 9.47 Å². The number of hydrogen-bond donors (Lipinski definition) is 0. The van der Waals surface area contributed by atoms with Gasteiger partial charge in [-0.15, -0.1) is 0 Å². The average molecular weight is 284 g/mol. The molecule has 0 bridgehead atoms. The van der Waals surface area contributed by atoms with Gasteiger partial charge in [-0.3, -0.25) is 0 Å². The van der Waals surface area contributed by atoms with Gasteiger partial charge in [0.25, 0.3) is 0 Å². The first-order valence-electron chi connectivity index (χ1n) is 5.27. The van der Waals surface area contributed by atoms with Gasteiger partial charge in [-0.25, -0.2) is 17.2 Å². The smallest absolute Gasteiger partial charge is 0.161 e. The van der Waals surface area contributed by atoms with Crippen LogP contribution >= 0.6 is 0 Å². The zero-order chi connectivity index (χ0) is 14.2. The van der Waals surface area contributed by atoms with Gasteiger partial charge in [0.15, 0.2) is 15.9 Å².